The number of carbonyl (C=O) groups is 4. The number of halogens is 2. The van der Waals surface area contributed by atoms with Crippen LogP contribution >= 0.6 is 0 Å². The number of likely N-dealkylation sites (tertiary alicyclic amines) is 2. The minimum atomic E-state index is -0.872. The maximum absolute atomic E-state index is 15.2. The predicted molar refractivity (Wildman–Crippen MR) is 236 cm³/mol. The Morgan fingerprint density at radius 2 is 1.06 bits per heavy atom. The monoisotopic (exact) mass is 854 g/mol. The molecule has 7 rings (SSSR count). The highest BCUT2D eigenvalue weighted by molar-refractivity contribution is 5.98. The van der Waals surface area contributed by atoms with Gasteiger partial charge in [0.25, 0.3) is 0 Å². The number of rotatable bonds is 12. The highest BCUT2D eigenvalue weighted by Crippen LogP contribution is 2.45. The van der Waals surface area contributed by atoms with E-state index in [1.807, 2.05) is 9.80 Å². The second kappa shape index (κ2) is 17.6. The van der Waals surface area contributed by atoms with Crippen molar-refractivity contribution in [2.24, 2.45) is 0 Å². The molecule has 1 unspecified atom stereocenters. The number of benzene rings is 2. The van der Waals surface area contributed by atoms with Gasteiger partial charge in [-0.2, -0.15) is 0 Å². The Kier molecular flexibility index (Phi) is 12.6. The van der Waals surface area contributed by atoms with Crippen molar-refractivity contribution < 1.29 is 37.4 Å². The fourth-order valence-corrected chi connectivity index (χ4v) is 9.63. The lowest BCUT2D eigenvalue weighted by Gasteiger charge is -2.31. The maximum atomic E-state index is 15.2. The van der Waals surface area contributed by atoms with Crippen LogP contribution < -0.4 is 10.6 Å². The van der Waals surface area contributed by atoms with Crippen LogP contribution in [0, 0.1) is 11.6 Å². The Hall–Kier alpha value is -5.66. The maximum Gasteiger partial charge on any atom is 0.408 e. The molecular weight excluding hydrogens is 795 g/mol. The molecule has 3 aliphatic rings. The van der Waals surface area contributed by atoms with Gasteiger partial charge in [-0.1, -0.05) is 12.2 Å². The Labute approximate surface area is 362 Å². The summed E-state index contributed by atoms with van der Waals surface area (Å²) >= 11 is 0. The van der Waals surface area contributed by atoms with Crippen LogP contribution in [0.5, 0.6) is 0 Å². The van der Waals surface area contributed by atoms with Crippen molar-refractivity contribution >= 4 is 45.8 Å². The zero-order valence-corrected chi connectivity index (χ0v) is 36.8. The van der Waals surface area contributed by atoms with E-state index in [2.05, 4.69) is 32.9 Å². The van der Waals surface area contributed by atoms with Crippen LogP contribution in [0.3, 0.4) is 0 Å². The number of nitrogens with one attached hydrogen (secondary N) is 2. The van der Waals surface area contributed by atoms with Crippen LogP contribution in [0.2, 0.25) is 0 Å². The normalized spacial score (nSPS) is 18.6. The van der Waals surface area contributed by atoms with Gasteiger partial charge in [-0.15, -0.1) is 13.2 Å². The summed E-state index contributed by atoms with van der Waals surface area (Å²) in [5.74, 6) is -1.20. The Balaban J connectivity index is 1.28. The molecule has 4 aromatic rings. The van der Waals surface area contributed by atoms with Gasteiger partial charge in [-0.25, -0.2) is 18.4 Å². The molecule has 2 aromatic heterocycles. The Morgan fingerprint density at radius 1 is 0.677 bits per heavy atom. The number of aromatic nitrogens is 2. The van der Waals surface area contributed by atoms with Crippen molar-refractivity contribution in [1.82, 2.24) is 29.6 Å². The van der Waals surface area contributed by atoms with Crippen molar-refractivity contribution in [1.29, 1.82) is 0 Å². The number of fused-ring (bicyclic) bond motifs is 7. The zero-order chi connectivity index (χ0) is 44.7. The predicted octanol–water partition coefficient (Wildman–Crippen LogP) is 8.56. The molecule has 2 aromatic carbocycles. The van der Waals surface area contributed by atoms with E-state index in [4.69, 9.17) is 9.47 Å². The standard InChI is InChI=1S/C48H60F2N6O6/c1-9-13-37(51-45(59)61-47(3,4)5)43(57)53-21-11-15-31(53)27-35-33-19-17-29(49)25-39(33)55-23-24-56-40-26-30(50)18-20-34(40)36(42(56)41(35)55)28-32-16-12-22-54(32)44(58)38(14-10-2)52-46(60)62-48(6,7)8/h9-10,17-20,25-26,31-32,37-38H,1-2,11-16,21-24,27-28H2,3-8H3,(H,51,59)(H,52,60)/t31-,32?,37-,38-/m0/s1. The zero-order valence-electron chi connectivity index (χ0n) is 36.8. The number of hydrogen-bond donors (Lipinski definition) is 2. The molecule has 2 saturated heterocycles. The summed E-state index contributed by atoms with van der Waals surface area (Å²) in [5, 5.41) is 7.27. The third-order valence-electron chi connectivity index (χ3n) is 12.0. The van der Waals surface area contributed by atoms with Crippen molar-refractivity contribution in [3.05, 3.63) is 84.5 Å². The molecule has 0 saturated carbocycles. The van der Waals surface area contributed by atoms with E-state index in [-0.39, 0.29) is 48.4 Å². The third kappa shape index (κ3) is 9.24. The van der Waals surface area contributed by atoms with Crippen molar-refractivity contribution in [2.45, 2.75) is 141 Å². The van der Waals surface area contributed by atoms with Crippen LogP contribution in [0.25, 0.3) is 33.2 Å². The molecule has 5 heterocycles. The number of alkyl carbamates (subject to hydrolysis) is 2. The van der Waals surface area contributed by atoms with Gasteiger partial charge in [0.05, 0.1) is 22.4 Å². The van der Waals surface area contributed by atoms with E-state index < -0.39 is 35.5 Å². The van der Waals surface area contributed by atoms with Gasteiger partial charge in [0.15, 0.2) is 0 Å². The highest BCUT2D eigenvalue weighted by Gasteiger charge is 2.39. The van der Waals surface area contributed by atoms with Gasteiger partial charge in [0.1, 0.15) is 34.9 Å². The third-order valence-corrected chi connectivity index (χ3v) is 12.0. The lowest BCUT2D eigenvalue weighted by atomic mass is 9.94. The van der Waals surface area contributed by atoms with E-state index in [1.165, 1.54) is 12.1 Å². The van der Waals surface area contributed by atoms with Crippen LogP contribution in [0.15, 0.2) is 61.7 Å². The SMILES string of the molecule is C=CC[C@H](NC(=O)OC(C)(C)C)C(=O)N1CCCC1Cc1c2n(c3cc(F)ccc13)CCn1c-2c(C[C@@H]2CCCN2C(=O)[C@H](CC=C)NC(=O)OC(C)(C)C)c2ccc(F)cc21. The van der Waals surface area contributed by atoms with E-state index in [0.29, 0.717) is 39.0 Å². The molecule has 2 fully saturated rings. The molecule has 0 radical (unpaired) electrons. The molecule has 332 valence electrons. The van der Waals surface area contributed by atoms with Crippen molar-refractivity contribution in [3.8, 4) is 11.4 Å². The summed E-state index contributed by atoms with van der Waals surface area (Å²) < 4.78 is 45.6. The molecule has 12 nitrogen and oxygen atoms in total. The van der Waals surface area contributed by atoms with Crippen LogP contribution in [-0.4, -0.2) is 91.4 Å². The second-order valence-corrected chi connectivity index (χ2v) is 18.8. The first-order valence-corrected chi connectivity index (χ1v) is 21.8. The lowest BCUT2D eigenvalue weighted by molar-refractivity contribution is -0.134. The average molecular weight is 855 g/mol. The van der Waals surface area contributed by atoms with Gasteiger partial charge in [-0.3, -0.25) is 9.59 Å². The number of aryl methyl sites for hydroxylation is 2. The van der Waals surface area contributed by atoms with E-state index in [0.717, 1.165) is 70.0 Å². The Bertz CT molecular complexity index is 2240. The van der Waals surface area contributed by atoms with E-state index in [1.54, 1.807) is 78.0 Å². The molecule has 3 aliphatic heterocycles. The molecule has 4 amide bonds. The Morgan fingerprint density at radius 3 is 1.42 bits per heavy atom. The molecule has 62 heavy (non-hydrogen) atoms. The first-order chi connectivity index (χ1) is 29.4. The smallest absolute Gasteiger partial charge is 0.408 e. The summed E-state index contributed by atoms with van der Waals surface area (Å²) in [5.41, 5.74) is 3.62. The molecular formula is C48H60F2N6O6. The first kappa shape index (κ1) is 44.4. The minimum absolute atomic E-state index is 0.219. The fourth-order valence-electron chi connectivity index (χ4n) is 9.63. The number of amides is 4. The first-order valence-electron chi connectivity index (χ1n) is 21.8. The summed E-state index contributed by atoms with van der Waals surface area (Å²) in [6, 6.07) is 7.41. The van der Waals surface area contributed by atoms with Gasteiger partial charge in [0.2, 0.25) is 11.8 Å². The van der Waals surface area contributed by atoms with Gasteiger partial charge >= 0.3 is 12.2 Å². The van der Waals surface area contributed by atoms with E-state index >= 15 is 8.78 Å². The molecule has 0 aliphatic carbocycles. The van der Waals surface area contributed by atoms with Gasteiger partial charge < -0.3 is 39.0 Å². The molecule has 14 heteroatoms. The molecule has 2 N–H and O–H groups in total. The number of nitrogens with zero attached hydrogens (tertiary/aromatic N) is 4. The molecule has 0 bridgehead atoms. The van der Waals surface area contributed by atoms with Crippen LogP contribution in [0.4, 0.5) is 18.4 Å². The number of ether oxygens (including phenoxy) is 2. The summed E-state index contributed by atoms with van der Waals surface area (Å²) in [4.78, 5) is 58.0. The average Bonchev–Trinajstić information content (AvgIpc) is 3.97. The largest absolute Gasteiger partial charge is 0.444 e. The van der Waals surface area contributed by atoms with Gasteiger partial charge in [0, 0.05) is 49.0 Å². The van der Waals surface area contributed by atoms with Crippen LogP contribution in [0.1, 0.15) is 91.2 Å². The van der Waals surface area contributed by atoms with Crippen molar-refractivity contribution in [3.63, 3.8) is 0 Å². The quantitative estimate of drug-likeness (QED) is 0.138. The number of carbonyl (C=O) groups excluding carboxylic acids is 4. The summed E-state index contributed by atoms with van der Waals surface area (Å²) in [6.45, 7) is 20.3. The summed E-state index contributed by atoms with van der Waals surface area (Å²) in [7, 11) is 0. The molecule has 4 atom stereocenters. The fraction of sp³-hybridized carbons (Fsp3) is 0.500. The lowest BCUT2D eigenvalue weighted by Crippen LogP contribution is -2.51. The topological polar surface area (TPSA) is 127 Å². The minimum Gasteiger partial charge on any atom is -0.444 e. The van der Waals surface area contributed by atoms with Crippen molar-refractivity contribution in [2.75, 3.05) is 13.1 Å². The van der Waals surface area contributed by atoms with Gasteiger partial charge in [-0.05, 0) is 140 Å². The summed E-state index contributed by atoms with van der Waals surface area (Å²) in [6.07, 6.45) is 6.15. The van der Waals surface area contributed by atoms with Crippen LogP contribution in [-0.2, 0) is 45.0 Å². The second-order valence-electron chi connectivity index (χ2n) is 18.8. The van der Waals surface area contributed by atoms with E-state index in [9.17, 15) is 19.2 Å². The number of hydrogen-bond acceptors (Lipinski definition) is 6. The highest BCUT2D eigenvalue weighted by atomic mass is 19.1. The molecule has 0 spiro atoms.